The molecule has 2 aliphatic rings. The molecule has 1 aromatic carbocycles. The Kier molecular flexibility index (Phi) is 5.73. The quantitative estimate of drug-likeness (QED) is 0.597. The maximum atomic E-state index is 13.2. The van der Waals surface area contributed by atoms with Crippen molar-refractivity contribution in [1.29, 1.82) is 0 Å². The zero-order valence-electron chi connectivity index (χ0n) is 19.3. The molecule has 3 N–H and O–H groups in total. The van der Waals surface area contributed by atoms with Gasteiger partial charge in [0.25, 0.3) is 5.91 Å². The lowest BCUT2D eigenvalue weighted by atomic mass is 9.65. The number of carbonyl (C=O) groups is 3. The highest BCUT2D eigenvalue weighted by Gasteiger charge is 2.53. The van der Waals surface area contributed by atoms with Crippen LogP contribution in [0.5, 0.6) is 0 Å². The lowest BCUT2D eigenvalue weighted by Gasteiger charge is -2.42. The number of amides is 4. The SMILES string of the molecule is CCC(C)(C)C1CCC2(CC1)NC(=O)N(CC(=O)NC(C)c1nc3ccccc3[nH]1)C2=O. The molecule has 0 bridgehead atoms. The molecule has 32 heavy (non-hydrogen) atoms. The molecule has 8 heteroatoms. The van der Waals surface area contributed by atoms with Crippen molar-refractivity contribution in [2.24, 2.45) is 11.3 Å². The Bertz CT molecular complexity index is 1000. The summed E-state index contributed by atoms with van der Waals surface area (Å²) in [5, 5.41) is 5.75. The van der Waals surface area contributed by atoms with Gasteiger partial charge in [0.2, 0.25) is 5.91 Å². The summed E-state index contributed by atoms with van der Waals surface area (Å²) in [7, 11) is 0. The van der Waals surface area contributed by atoms with E-state index in [1.807, 2.05) is 31.2 Å². The number of nitrogens with zero attached hydrogens (tertiary/aromatic N) is 2. The Balaban J connectivity index is 1.37. The largest absolute Gasteiger partial charge is 0.345 e. The molecule has 172 valence electrons. The van der Waals surface area contributed by atoms with Gasteiger partial charge in [0.05, 0.1) is 17.1 Å². The molecular formula is C24H33N5O3. The molecule has 4 rings (SSSR count). The first-order valence-corrected chi connectivity index (χ1v) is 11.5. The first-order chi connectivity index (χ1) is 15.1. The van der Waals surface area contributed by atoms with Crippen LogP contribution in [0.15, 0.2) is 24.3 Å². The van der Waals surface area contributed by atoms with E-state index in [0.717, 1.165) is 35.2 Å². The predicted molar refractivity (Wildman–Crippen MR) is 122 cm³/mol. The molecule has 1 saturated heterocycles. The van der Waals surface area contributed by atoms with Crippen LogP contribution in [0.3, 0.4) is 0 Å². The molecule has 4 amide bonds. The lowest BCUT2D eigenvalue weighted by molar-refractivity contribution is -0.136. The summed E-state index contributed by atoms with van der Waals surface area (Å²) in [6, 6.07) is 6.78. The summed E-state index contributed by atoms with van der Waals surface area (Å²) in [5.41, 5.74) is 1.07. The number of aromatic amines is 1. The van der Waals surface area contributed by atoms with Gasteiger partial charge in [-0.15, -0.1) is 0 Å². The van der Waals surface area contributed by atoms with Gasteiger partial charge < -0.3 is 15.6 Å². The average Bonchev–Trinajstić information content (AvgIpc) is 3.29. The molecular weight excluding hydrogens is 406 g/mol. The van der Waals surface area contributed by atoms with Crippen LogP contribution in [-0.4, -0.2) is 44.8 Å². The van der Waals surface area contributed by atoms with E-state index in [1.165, 1.54) is 0 Å². The molecule has 1 aromatic heterocycles. The zero-order chi connectivity index (χ0) is 23.1. The smallest absolute Gasteiger partial charge is 0.325 e. The van der Waals surface area contributed by atoms with E-state index >= 15 is 0 Å². The van der Waals surface area contributed by atoms with Gasteiger partial charge in [-0.2, -0.15) is 0 Å². The second-order valence-corrected chi connectivity index (χ2v) is 9.95. The highest BCUT2D eigenvalue weighted by atomic mass is 16.2. The molecule has 1 saturated carbocycles. The van der Waals surface area contributed by atoms with Crippen molar-refractivity contribution in [3.05, 3.63) is 30.1 Å². The number of fused-ring (bicyclic) bond motifs is 1. The third-order valence-corrected chi connectivity index (χ3v) is 7.60. The summed E-state index contributed by atoms with van der Waals surface area (Å²) >= 11 is 0. The summed E-state index contributed by atoms with van der Waals surface area (Å²) in [5.74, 6) is 0.496. The first-order valence-electron chi connectivity index (χ1n) is 11.5. The van der Waals surface area contributed by atoms with Gasteiger partial charge in [-0.3, -0.25) is 14.5 Å². The number of benzene rings is 1. The molecule has 1 spiro atoms. The maximum absolute atomic E-state index is 13.2. The number of rotatable bonds is 6. The fourth-order valence-electron chi connectivity index (χ4n) is 5.02. The van der Waals surface area contributed by atoms with Crippen molar-refractivity contribution >= 4 is 28.9 Å². The van der Waals surface area contributed by atoms with E-state index in [4.69, 9.17) is 0 Å². The number of imidazole rings is 1. The van der Waals surface area contributed by atoms with Gasteiger partial charge in [0, 0.05) is 0 Å². The minimum Gasteiger partial charge on any atom is -0.345 e. The number of hydrogen-bond acceptors (Lipinski definition) is 4. The Morgan fingerprint density at radius 3 is 2.62 bits per heavy atom. The van der Waals surface area contributed by atoms with Gasteiger partial charge in [-0.25, -0.2) is 9.78 Å². The second kappa shape index (κ2) is 8.22. The van der Waals surface area contributed by atoms with Crippen LogP contribution in [0.1, 0.15) is 71.7 Å². The maximum Gasteiger partial charge on any atom is 0.325 e. The van der Waals surface area contributed by atoms with Gasteiger partial charge in [-0.05, 0) is 56.1 Å². The minimum absolute atomic E-state index is 0.222. The molecule has 8 nitrogen and oxygen atoms in total. The standard InChI is InChI=1S/C24H33N5O3/c1-5-23(3,4)16-10-12-24(13-11-16)21(31)29(22(32)28-24)14-19(30)25-15(2)20-26-17-8-6-7-9-18(17)27-20/h6-9,15-16H,5,10-14H2,1-4H3,(H,25,30)(H,26,27)(H,28,32). The van der Waals surface area contributed by atoms with E-state index in [9.17, 15) is 14.4 Å². The third kappa shape index (κ3) is 3.98. The topological polar surface area (TPSA) is 107 Å². The van der Waals surface area contributed by atoms with Crippen LogP contribution in [0, 0.1) is 11.3 Å². The second-order valence-electron chi connectivity index (χ2n) is 9.95. The summed E-state index contributed by atoms with van der Waals surface area (Å²) < 4.78 is 0. The number of carbonyl (C=O) groups excluding carboxylic acids is 3. The highest BCUT2D eigenvalue weighted by Crippen LogP contribution is 2.45. The van der Waals surface area contributed by atoms with E-state index in [0.29, 0.717) is 24.6 Å². The number of imide groups is 1. The number of H-pyrrole nitrogens is 1. The molecule has 1 aliphatic carbocycles. The number of aromatic nitrogens is 2. The van der Waals surface area contributed by atoms with Crippen molar-refractivity contribution in [3.63, 3.8) is 0 Å². The van der Waals surface area contributed by atoms with E-state index in [1.54, 1.807) is 0 Å². The van der Waals surface area contributed by atoms with Crippen LogP contribution in [-0.2, 0) is 9.59 Å². The molecule has 2 heterocycles. The van der Waals surface area contributed by atoms with Crippen molar-refractivity contribution in [2.75, 3.05) is 6.54 Å². The van der Waals surface area contributed by atoms with Crippen LogP contribution in [0.2, 0.25) is 0 Å². The number of nitrogens with one attached hydrogen (secondary N) is 3. The molecule has 1 atom stereocenters. The van der Waals surface area contributed by atoms with Gasteiger partial charge >= 0.3 is 6.03 Å². The summed E-state index contributed by atoms with van der Waals surface area (Å²) in [4.78, 5) is 47.2. The molecule has 2 fully saturated rings. The van der Waals surface area contributed by atoms with Crippen molar-refractivity contribution in [3.8, 4) is 0 Å². The Labute approximate surface area is 188 Å². The van der Waals surface area contributed by atoms with Gasteiger partial charge in [0.1, 0.15) is 17.9 Å². The van der Waals surface area contributed by atoms with Gasteiger partial charge in [-0.1, -0.05) is 39.3 Å². The molecule has 2 aromatic rings. The fourth-order valence-corrected chi connectivity index (χ4v) is 5.02. The average molecular weight is 440 g/mol. The molecule has 0 radical (unpaired) electrons. The lowest BCUT2D eigenvalue weighted by Crippen LogP contribution is -2.51. The number of urea groups is 1. The molecule has 1 unspecified atom stereocenters. The number of para-hydroxylation sites is 2. The van der Waals surface area contributed by atoms with E-state index in [2.05, 4.69) is 41.4 Å². The Morgan fingerprint density at radius 2 is 1.97 bits per heavy atom. The Morgan fingerprint density at radius 1 is 1.28 bits per heavy atom. The number of hydrogen-bond donors (Lipinski definition) is 3. The minimum atomic E-state index is -0.859. The van der Waals surface area contributed by atoms with Gasteiger partial charge in [0.15, 0.2) is 0 Å². The Hall–Kier alpha value is -2.90. The monoisotopic (exact) mass is 439 g/mol. The van der Waals surface area contributed by atoms with E-state index < -0.39 is 11.6 Å². The third-order valence-electron chi connectivity index (χ3n) is 7.60. The van der Waals surface area contributed by atoms with Crippen molar-refractivity contribution in [1.82, 2.24) is 25.5 Å². The van der Waals surface area contributed by atoms with Crippen molar-refractivity contribution < 1.29 is 14.4 Å². The van der Waals surface area contributed by atoms with Crippen LogP contribution >= 0.6 is 0 Å². The zero-order valence-corrected chi connectivity index (χ0v) is 19.3. The highest BCUT2D eigenvalue weighted by molar-refractivity contribution is 6.09. The predicted octanol–water partition coefficient (Wildman–Crippen LogP) is 3.66. The van der Waals surface area contributed by atoms with Crippen LogP contribution in [0.4, 0.5) is 4.79 Å². The first kappa shape index (κ1) is 22.3. The summed E-state index contributed by atoms with van der Waals surface area (Å²) in [6.07, 6.45) is 4.13. The van der Waals surface area contributed by atoms with Crippen LogP contribution < -0.4 is 10.6 Å². The fraction of sp³-hybridized carbons (Fsp3) is 0.583. The van der Waals surface area contributed by atoms with E-state index in [-0.39, 0.29) is 29.8 Å². The summed E-state index contributed by atoms with van der Waals surface area (Å²) in [6.45, 7) is 8.26. The van der Waals surface area contributed by atoms with Crippen molar-refractivity contribution in [2.45, 2.75) is 71.4 Å². The molecule has 1 aliphatic heterocycles. The van der Waals surface area contributed by atoms with Crippen LogP contribution in [0.25, 0.3) is 11.0 Å². The normalized spacial score (nSPS) is 24.8.